The number of nitrogens with one attached hydrogen (secondary N) is 2. The summed E-state index contributed by atoms with van der Waals surface area (Å²) in [6.45, 7) is 3.57. The number of anilines is 1. The molecule has 0 saturated carbocycles. The van der Waals surface area contributed by atoms with E-state index in [0.29, 0.717) is 16.3 Å². The van der Waals surface area contributed by atoms with E-state index in [4.69, 9.17) is 35.4 Å². The van der Waals surface area contributed by atoms with Gasteiger partial charge in [0.25, 0.3) is 5.69 Å². The van der Waals surface area contributed by atoms with E-state index in [9.17, 15) is 10.1 Å². The zero-order valence-corrected chi connectivity index (χ0v) is 15.7. The molecule has 130 valence electrons. The van der Waals surface area contributed by atoms with E-state index >= 15 is 0 Å². The van der Waals surface area contributed by atoms with Gasteiger partial charge in [0.1, 0.15) is 5.02 Å². The second kappa shape index (κ2) is 8.24. The molecule has 0 atom stereocenters. The molecule has 0 aliphatic heterocycles. The predicted molar refractivity (Wildman–Crippen MR) is 106 cm³/mol. The van der Waals surface area contributed by atoms with E-state index in [1.807, 2.05) is 19.1 Å². The maximum Gasteiger partial charge on any atom is 0.288 e. The minimum absolute atomic E-state index is 0.0723. The third-order valence-corrected chi connectivity index (χ3v) is 4.32. The standard InChI is InChI=1S/C16H14Cl2N4O2S/c1-9-12(17)4-3-5-14(9)19-16(25)21-20-10(2)11-6-7-13(18)15(8-11)22(23)24/h3-8H,1-2H3,(H2,19,21,25)/b20-10+. The van der Waals surface area contributed by atoms with E-state index in [2.05, 4.69) is 15.8 Å². The van der Waals surface area contributed by atoms with Crippen LogP contribution in [0.25, 0.3) is 0 Å². The van der Waals surface area contributed by atoms with Crippen LogP contribution in [0.2, 0.25) is 10.0 Å². The number of hydrogen-bond donors (Lipinski definition) is 2. The van der Waals surface area contributed by atoms with Crippen LogP contribution in [0.3, 0.4) is 0 Å². The van der Waals surface area contributed by atoms with Crippen molar-refractivity contribution in [2.24, 2.45) is 5.10 Å². The Morgan fingerprint density at radius 1 is 1.24 bits per heavy atom. The van der Waals surface area contributed by atoms with Crippen molar-refractivity contribution in [3.05, 3.63) is 67.7 Å². The Labute approximate surface area is 160 Å². The number of hydrazone groups is 1. The maximum atomic E-state index is 10.9. The topological polar surface area (TPSA) is 79.6 Å². The Hall–Kier alpha value is -2.22. The molecule has 0 fully saturated rings. The molecule has 2 rings (SSSR count). The van der Waals surface area contributed by atoms with E-state index in [-0.39, 0.29) is 15.8 Å². The van der Waals surface area contributed by atoms with Crippen LogP contribution in [0.5, 0.6) is 0 Å². The Kier molecular flexibility index (Phi) is 6.30. The lowest BCUT2D eigenvalue weighted by atomic mass is 10.1. The van der Waals surface area contributed by atoms with Gasteiger partial charge in [-0.05, 0) is 49.8 Å². The average Bonchev–Trinajstić information content (AvgIpc) is 2.57. The fraction of sp³-hybridized carbons (Fsp3) is 0.125. The van der Waals surface area contributed by atoms with Crippen LogP contribution >= 0.6 is 35.4 Å². The molecule has 0 amide bonds. The van der Waals surface area contributed by atoms with Gasteiger partial charge in [-0.3, -0.25) is 15.5 Å². The van der Waals surface area contributed by atoms with Gasteiger partial charge >= 0.3 is 0 Å². The minimum Gasteiger partial charge on any atom is -0.331 e. The Bertz CT molecular complexity index is 871. The van der Waals surface area contributed by atoms with Crippen LogP contribution in [0.15, 0.2) is 41.5 Å². The highest BCUT2D eigenvalue weighted by atomic mass is 35.5. The second-order valence-corrected chi connectivity index (χ2v) is 6.32. The van der Waals surface area contributed by atoms with Crippen LogP contribution in [-0.2, 0) is 0 Å². The molecule has 0 heterocycles. The second-order valence-electron chi connectivity index (χ2n) is 5.10. The van der Waals surface area contributed by atoms with Crippen molar-refractivity contribution in [3.8, 4) is 0 Å². The molecule has 0 aliphatic carbocycles. The van der Waals surface area contributed by atoms with Crippen molar-refractivity contribution in [2.75, 3.05) is 5.32 Å². The first-order valence-corrected chi connectivity index (χ1v) is 8.26. The van der Waals surface area contributed by atoms with E-state index in [1.54, 1.807) is 19.1 Å². The zero-order chi connectivity index (χ0) is 18.6. The molecule has 25 heavy (non-hydrogen) atoms. The first-order chi connectivity index (χ1) is 11.8. The van der Waals surface area contributed by atoms with Crippen molar-refractivity contribution >= 4 is 57.6 Å². The van der Waals surface area contributed by atoms with Gasteiger partial charge in [0, 0.05) is 22.3 Å². The molecule has 0 aromatic heterocycles. The van der Waals surface area contributed by atoms with Crippen molar-refractivity contribution in [3.63, 3.8) is 0 Å². The summed E-state index contributed by atoms with van der Waals surface area (Å²) in [5.74, 6) is 0. The smallest absolute Gasteiger partial charge is 0.288 e. The van der Waals surface area contributed by atoms with Gasteiger partial charge in [0.05, 0.1) is 10.6 Å². The quantitative estimate of drug-likeness (QED) is 0.331. The van der Waals surface area contributed by atoms with Crippen LogP contribution < -0.4 is 10.7 Å². The highest BCUT2D eigenvalue weighted by Crippen LogP contribution is 2.25. The number of hydrogen-bond acceptors (Lipinski definition) is 4. The summed E-state index contributed by atoms with van der Waals surface area (Å²) in [6, 6.07) is 9.90. The lowest BCUT2D eigenvalue weighted by Gasteiger charge is -2.11. The molecular weight excluding hydrogens is 383 g/mol. The largest absolute Gasteiger partial charge is 0.331 e. The summed E-state index contributed by atoms with van der Waals surface area (Å²) in [5.41, 5.74) is 5.23. The van der Waals surface area contributed by atoms with Gasteiger partial charge in [-0.1, -0.05) is 35.3 Å². The van der Waals surface area contributed by atoms with Gasteiger partial charge in [0.2, 0.25) is 0 Å². The van der Waals surface area contributed by atoms with E-state index < -0.39 is 4.92 Å². The minimum atomic E-state index is -0.541. The molecule has 2 aromatic rings. The molecule has 2 aromatic carbocycles. The summed E-state index contributed by atoms with van der Waals surface area (Å²) >= 11 is 17.1. The SMILES string of the molecule is C/C(=N\NC(=S)Nc1cccc(Cl)c1C)c1ccc(Cl)c([N+](=O)[O-])c1. The molecule has 0 saturated heterocycles. The van der Waals surface area contributed by atoms with Gasteiger partial charge in [-0.25, -0.2) is 0 Å². The number of nitrogens with zero attached hydrogens (tertiary/aromatic N) is 2. The van der Waals surface area contributed by atoms with Crippen molar-refractivity contribution in [1.82, 2.24) is 5.43 Å². The van der Waals surface area contributed by atoms with Crippen LogP contribution in [0.1, 0.15) is 18.1 Å². The van der Waals surface area contributed by atoms with Gasteiger partial charge in [0.15, 0.2) is 5.11 Å². The molecule has 0 radical (unpaired) electrons. The number of benzene rings is 2. The van der Waals surface area contributed by atoms with Crippen molar-refractivity contribution < 1.29 is 4.92 Å². The van der Waals surface area contributed by atoms with Crippen LogP contribution in [0.4, 0.5) is 11.4 Å². The summed E-state index contributed by atoms with van der Waals surface area (Å²) in [7, 11) is 0. The monoisotopic (exact) mass is 396 g/mol. The summed E-state index contributed by atoms with van der Waals surface area (Å²) in [4.78, 5) is 10.4. The number of nitro benzene ring substituents is 1. The van der Waals surface area contributed by atoms with Crippen LogP contribution in [0, 0.1) is 17.0 Å². The van der Waals surface area contributed by atoms with E-state index in [0.717, 1.165) is 11.3 Å². The third-order valence-electron chi connectivity index (χ3n) is 3.40. The fourth-order valence-corrected chi connectivity index (χ4v) is 2.49. The van der Waals surface area contributed by atoms with Gasteiger partial charge < -0.3 is 5.32 Å². The highest BCUT2D eigenvalue weighted by Gasteiger charge is 2.13. The Balaban J connectivity index is 2.10. The maximum absolute atomic E-state index is 10.9. The number of rotatable bonds is 4. The Morgan fingerprint density at radius 3 is 2.64 bits per heavy atom. The molecular formula is C16H14Cl2N4O2S. The normalized spacial score (nSPS) is 11.1. The first-order valence-electron chi connectivity index (χ1n) is 7.10. The highest BCUT2D eigenvalue weighted by molar-refractivity contribution is 7.80. The predicted octanol–water partition coefficient (Wildman–Crippen LogP) is 4.92. The molecule has 0 bridgehead atoms. The Morgan fingerprint density at radius 2 is 1.96 bits per heavy atom. The van der Waals surface area contributed by atoms with Gasteiger partial charge in [-0.15, -0.1) is 0 Å². The molecule has 9 heteroatoms. The van der Waals surface area contributed by atoms with Crippen molar-refractivity contribution in [1.29, 1.82) is 0 Å². The summed E-state index contributed by atoms with van der Waals surface area (Å²) < 4.78 is 0. The molecule has 0 aliphatic rings. The lowest BCUT2D eigenvalue weighted by Crippen LogP contribution is -2.25. The molecule has 0 unspecified atom stereocenters. The number of thiocarbonyl (C=S) groups is 1. The third kappa shape index (κ3) is 4.88. The lowest BCUT2D eigenvalue weighted by molar-refractivity contribution is -0.384. The zero-order valence-electron chi connectivity index (χ0n) is 13.3. The molecule has 0 spiro atoms. The average molecular weight is 397 g/mol. The van der Waals surface area contributed by atoms with E-state index in [1.165, 1.54) is 12.1 Å². The number of nitro groups is 1. The summed E-state index contributed by atoms with van der Waals surface area (Å²) in [5, 5.41) is 19.1. The summed E-state index contributed by atoms with van der Waals surface area (Å²) in [6.07, 6.45) is 0. The molecule has 6 nitrogen and oxygen atoms in total. The number of halogens is 2. The van der Waals surface area contributed by atoms with Crippen LogP contribution in [-0.4, -0.2) is 15.7 Å². The van der Waals surface area contributed by atoms with Gasteiger partial charge in [-0.2, -0.15) is 5.10 Å². The van der Waals surface area contributed by atoms with Crippen molar-refractivity contribution in [2.45, 2.75) is 13.8 Å². The molecule has 2 N–H and O–H groups in total. The fourth-order valence-electron chi connectivity index (χ4n) is 1.97. The first kappa shape index (κ1) is 19.1.